The molecular weight excluding hydrogens is 340 g/mol. The van der Waals surface area contributed by atoms with Gasteiger partial charge in [0.2, 0.25) is 0 Å². The fraction of sp³-hybridized carbons (Fsp3) is 0.235. The van der Waals surface area contributed by atoms with E-state index in [9.17, 15) is 19.7 Å². The van der Waals surface area contributed by atoms with E-state index in [2.05, 4.69) is 10.5 Å². The third-order valence-electron chi connectivity index (χ3n) is 3.91. The van der Waals surface area contributed by atoms with Crippen LogP contribution in [0.5, 0.6) is 0 Å². The normalized spacial score (nSPS) is 13.9. The number of amides is 2. The number of nitro groups is 1. The summed E-state index contributed by atoms with van der Waals surface area (Å²) in [6, 6.07) is 9.28. The van der Waals surface area contributed by atoms with Crippen LogP contribution in [0.4, 0.5) is 5.69 Å². The zero-order chi connectivity index (χ0) is 18.5. The molecule has 0 bridgehead atoms. The summed E-state index contributed by atoms with van der Waals surface area (Å²) in [5, 5.41) is 14.5. The molecule has 1 saturated heterocycles. The Morgan fingerprint density at radius 3 is 2.73 bits per heavy atom. The number of nitro benzene ring substituents is 1. The van der Waals surface area contributed by atoms with E-state index in [1.54, 1.807) is 24.3 Å². The van der Waals surface area contributed by atoms with Gasteiger partial charge in [-0.3, -0.25) is 19.7 Å². The van der Waals surface area contributed by atoms with E-state index >= 15 is 0 Å². The maximum Gasteiger partial charge on any atom is 0.329 e. The third-order valence-corrected chi connectivity index (χ3v) is 3.91. The molecule has 1 aromatic carbocycles. The molecule has 2 aromatic rings. The first-order chi connectivity index (χ1) is 12.5. The molecule has 1 N–H and O–H groups in total. The maximum atomic E-state index is 11.8. The molecule has 0 spiro atoms. The zero-order valence-corrected chi connectivity index (χ0v) is 13.8. The molecule has 0 unspecified atom stereocenters. The molecule has 9 nitrogen and oxygen atoms in total. The van der Waals surface area contributed by atoms with E-state index in [0.29, 0.717) is 30.2 Å². The summed E-state index contributed by atoms with van der Waals surface area (Å²) in [7, 11) is 0. The minimum Gasteiger partial charge on any atom is -0.455 e. The van der Waals surface area contributed by atoms with Gasteiger partial charge in [0.15, 0.2) is 0 Å². The summed E-state index contributed by atoms with van der Waals surface area (Å²) < 4.78 is 5.53. The molecule has 9 heteroatoms. The number of nitrogens with zero attached hydrogens (tertiary/aromatic N) is 3. The van der Waals surface area contributed by atoms with E-state index in [4.69, 9.17) is 4.42 Å². The summed E-state index contributed by atoms with van der Waals surface area (Å²) in [5.74, 6) is -0.639. The van der Waals surface area contributed by atoms with Crippen LogP contribution in [-0.4, -0.2) is 40.9 Å². The number of benzene rings is 1. The van der Waals surface area contributed by atoms with Crippen LogP contribution in [0.15, 0.2) is 45.9 Å². The smallest absolute Gasteiger partial charge is 0.329 e. The second-order valence-electron chi connectivity index (χ2n) is 5.71. The Bertz CT molecular complexity index is 868. The van der Waals surface area contributed by atoms with Gasteiger partial charge in [-0.15, -0.1) is 0 Å². The van der Waals surface area contributed by atoms with Crippen LogP contribution in [0.2, 0.25) is 0 Å². The van der Waals surface area contributed by atoms with Gasteiger partial charge in [-0.25, -0.2) is 5.43 Å². The van der Waals surface area contributed by atoms with Gasteiger partial charge in [-0.1, -0.05) is 12.1 Å². The molecule has 1 aromatic heterocycles. The van der Waals surface area contributed by atoms with Gasteiger partial charge < -0.3 is 9.32 Å². The number of furan rings is 1. The van der Waals surface area contributed by atoms with Crippen molar-refractivity contribution in [1.29, 1.82) is 0 Å². The lowest BCUT2D eigenvalue weighted by Gasteiger charge is -2.12. The van der Waals surface area contributed by atoms with Crippen LogP contribution in [0.3, 0.4) is 0 Å². The Morgan fingerprint density at radius 2 is 2.00 bits per heavy atom. The number of rotatable bonds is 4. The van der Waals surface area contributed by atoms with Gasteiger partial charge in [-0.05, 0) is 25.0 Å². The number of non-ortho nitro benzene ring substituents is 1. The molecule has 0 aliphatic carbocycles. The second kappa shape index (κ2) is 7.60. The zero-order valence-electron chi connectivity index (χ0n) is 13.8. The highest BCUT2D eigenvalue weighted by molar-refractivity contribution is 6.35. The summed E-state index contributed by atoms with van der Waals surface area (Å²) in [4.78, 5) is 35.4. The first-order valence-electron chi connectivity index (χ1n) is 8.01. The van der Waals surface area contributed by atoms with Gasteiger partial charge >= 0.3 is 11.8 Å². The van der Waals surface area contributed by atoms with Crippen LogP contribution in [-0.2, 0) is 9.59 Å². The maximum absolute atomic E-state index is 11.8. The van der Waals surface area contributed by atoms with Crippen molar-refractivity contribution in [3.8, 4) is 11.3 Å². The molecule has 1 fully saturated rings. The number of hydrazone groups is 1. The lowest BCUT2D eigenvalue weighted by atomic mass is 10.1. The Balaban J connectivity index is 1.62. The van der Waals surface area contributed by atoms with Crippen LogP contribution in [0.1, 0.15) is 18.6 Å². The van der Waals surface area contributed by atoms with Crippen LogP contribution >= 0.6 is 0 Å². The summed E-state index contributed by atoms with van der Waals surface area (Å²) in [5.41, 5.74) is 2.68. The van der Waals surface area contributed by atoms with E-state index in [1.165, 1.54) is 23.2 Å². The van der Waals surface area contributed by atoms with Crippen molar-refractivity contribution in [1.82, 2.24) is 10.3 Å². The predicted octanol–water partition coefficient (Wildman–Crippen LogP) is 1.93. The second-order valence-corrected chi connectivity index (χ2v) is 5.71. The summed E-state index contributed by atoms with van der Waals surface area (Å²) >= 11 is 0. The van der Waals surface area contributed by atoms with Crippen LogP contribution in [0.25, 0.3) is 11.3 Å². The first kappa shape index (κ1) is 17.3. The Labute approximate surface area is 148 Å². The number of hydrogen-bond donors (Lipinski definition) is 1. The van der Waals surface area contributed by atoms with Crippen molar-refractivity contribution >= 4 is 23.7 Å². The fourth-order valence-corrected chi connectivity index (χ4v) is 2.62. The van der Waals surface area contributed by atoms with E-state index in [-0.39, 0.29) is 5.69 Å². The number of hydrogen-bond acceptors (Lipinski definition) is 6. The van der Waals surface area contributed by atoms with Gasteiger partial charge in [0.1, 0.15) is 11.5 Å². The highest BCUT2D eigenvalue weighted by Crippen LogP contribution is 2.25. The molecule has 134 valence electrons. The van der Waals surface area contributed by atoms with E-state index in [0.717, 1.165) is 12.8 Å². The highest BCUT2D eigenvalue weighted by Gasteiger charge is 2.23. The standard InChI is InChI=1S/C17H16N4O5/c22-16(17(23)20-8-1-2-9-20)19-18-11-14-6-7-15(26-14)12-4-3-5-13(10-12)21(24)25/h3-7,10-11H,1-2,8-9H2,(H,19,22)/b18-11+. The minimum absolute atomic E-state index is 0.0400. The Morgan fingerprint density at radius 1 is 1.23 bits per heavy atom. The molecule has 0 radical (unpaired) electrons. The average Bonchev–Trinajstić information content (AvgIpc) is 3.33. The quantitative estimate of drug-likeness (QED) is 0.389. The van der Waals surface area contributed by atoms with Gasteiger partial charge in [-0.2, -0.15) is 5.10 Å². The van der Waals surface area contributed by atoms with Crippen LogP contribution in [0, 0.1) is 10.1 Å². The molecule has 1 aliphatic heterocycles. The third kappa shape index (κ3) is 3.94. The van der Waals surface area contributed by atoms with Crippen molar-refractivity contribution < 1.29 is 18.9 Å². The van der Waals surface area contributed by atoms with Gasteiger partial charge in [0.05, 0.1) is 11.1 Å². The van der Waals surface area contributed by atoms with Gasteiger partial charge in [0.25, 0.3) is 5.69 Å². The Hall–Kier alpha value is -3.49. The Kier molecular flexibility index (Phi) is 5.07. The molecule has 26 heavy (non-hydrogen) atoms. The largest absolute Gasteiger partial charge is 0.455 e. The fourth-order valence-electron chi connectivity index (χ4n) is 2.62. The van der Waals surface area contributed by atoms with Gasteiger partial charge in [0, 0.05) is 30.8 Å². The molecule has 0 saturated carbocycles. The van der Waals surface area contributed by atoms with E-state index < -0.39 is 16.7 Å². The molecule has 1 aliphatic rings. The molecular formula is C17H16N4O5. The van der Waals surface area contributed by atoms with Crippen molar-refractivity contribution in [2.45, 2.75) is 12.8 Å². The minimum atomic E-state index is -0.798. The lowest BCUT2D eigenvalue weighted by molar-refractivity contribution is -0.384. The van der Waals surface area contributed by atoms with Crippen molar-refractivity contribution in [2.75, 3.05) is 13.1 Å². The summed E-state index contributed by atoms with van der Waals surface area (Å²) in [6.07, 6.45) is 3.06. The number of likely N-dealkylation sites (tertiary alicyclic amines) is 1. The van der Waals surface area contributed by atoms with E-state index in [1.807, 2.05) is 0 Å². The number of carbonyl (C=O) groups is 2. The molecule has 2 heterocycles. The average molecular weight is 356 g/mol. The summed E-state index contributed by atoms with van der Waals surface area (Å²) in [6.45, 7) is 1.17. The van der Waals surface area contributed by atoms with Crippen molar-refractivity contribution in [3.63, 3.8) is 0 Å². The van der Waals surface area contributed by atoms with Crippen molar-refractivity contribution in [3.05, 3.63) is 52.3 Å². The first-order valence-corrected chi connectivity index (χ1v) is 8.01. The van der Waals surface area contributed by atoms with Crippen molar-refractivity contribution in [2.24, 2.45) is 5.10 Å². The molecule has 0 atom stereocenters. The monoisotopic (exact) mass is 356 g/mol. The molecule has 3 rings (SSSR count). The topological polar surface area (TPSA) is 118 Å². The SMILES string of the molecule is O=C(N/N=C/c1ccc(-c2cccc([N+](=O)[O-])c2)o1)C(=O)N1CCCC1. The van der Waals surface area contributed by atoms with Crippen LogP contribution < -0.4 is 5.43 Å². The highest BCUT2D eigenvalue weighted by atomic mass is 16.6. The predicted molar refractivity (Wildman–Crippen MR) is 92.3 cm³/mol. The molecule has 2 amide bonds. The lowest BCUT2D eigenvalue weighted by Crippen LogP contribution is -2.39. The number of carbonyl (C=O) groups excluding carboxylic acids is 2. The number of nitrogens with one attached hydrogen (secondary N) is 1.